The van der Waals surface area contributed by atoms with Crippen LogP contribution in [0.15, 0.2) is 4.99 Å². The van der Waals surface area contributed by atoms with Gasteiger partial charge in [-0.1, -0.05) is 0 Å². The van der Waals surface area contributed by atoms with Gasteiger partial charge in [-0.15, -0.1) is 0 Å². The fourth-order valence-corrected chi connectivity index (χ4v) is 2.06. The molecule has 0 spiro atoms. The summed E-state index contributed by atoms with van der Waals surface area (Å²) in [6.45, 7) is 3.59. The van der Waals surface area contributed by atoms with Gasteiger partial charge in [-0.05, 0) is 25.7 Å². The van der Waals surface area contributed by atoms with Crippen LogP contribution in [0.1, 0.15) is 25.7 Å². The number of hydrogen-bond acceptors (Lipinski definition) is 3. The number of rotatable bonds is 6. The van der Waals surface area contributed by atoms with Crippen molar-refractivity contribution in [2.75, 3.05) is 46.9 Å². The monoisotopic (exact) mass is 270 g/mol. The van der Waals surface area contributed by atoms with Crippen LogP contribution < -0.4 is 10.6 Å². The van der Waals surface area contributed by atoms with E-state index in [4.69, 9.17) is 4.74 Å². The summed E-state index contributed by atoms with van der Waals surface area (Å²) in [7, 11) is 3.39. The van der Waals surface area contributed by atoms with Crippen molar-refractivity contribution in [3.05, 3.63) is 0 Å². The minimum absolute atomic E-state index is 0.152. The van der Waals surface area contributed by atoms with Crippen LogP contribution in [-0.4, -0.2) is 63.7 Å². The molecule has 6 nitrogen and oxygen atoms in total. The van der Waals surface area contributed by atoms with E-state index in [0.29, 0.717) is 12.5 Å². The van der Waals surface area contributed by atoms with E-state index in [1.54, 1.807) is 14.2 Å². The van der Waals surface area contributed by atoms with Gasteiger partial charge in [-0.25, -0.2) is 0 Å². The highest BCUT2D eigenvalue weighted by atomic mass is 16.5. The van der Waals surface area contributed by atoms with Crippen molar-refractivity contribution >= 4 is 11.9 Å². The topological polar surface area (TPSA) is 66.0 Å². The summed E-state index contributed by atoms with van der Waals surface area (Å²) in [6.07, 6.45) is 4.39. The molecule has 0 aliphatic carbocycles. The van der Waals surface area contributed by atoms with Crippen molar-refractivity contribution in [2.45, 2.75) is 25.7 Å². The van der Waals surface area contributed by atoms with Gasteiger partial charge in [-0.3, -0.25) is 9.79 Å². The van der Waals surface area contributed by atoms with Gasteiger partial charge in [0.2, 0.25) is 5.91 Å². The molecule has 1 amide bonds. The van der Waals surface area contributed by atoms with E-state index < -0.39 is 0 Å². The number of nitrogens with one attached hydrogen (secondary N) is 2. The van der Waals surface area contributed by atoms with Crippen molar-refractivity contribution in [2.24, 2.45) is 4.99 Å². The normalized spacial score (nSPS) is 16.3. The minimum atomic E-state index is 0.152. The lowest BCUT2D eigenvalue weighted by Gasteiger charge is -2.27. The van der Waals surface area contributed by atoms with E-state index in [1.807, 2.05) is 4.90 Å². The third-order valence-corrected chi connectivity index (χ3v) is 3.16. The quantitative estimate of drug-likeness (QED) is 0.411. The van der Waals surface area contributed by atoms with Crippen LogP contribution in [0.25, 0.3) is 0 Å². The highest BCUT2D eigenvalue weighted by molar-refractivity contribution is 5.86. The average molecular weight is 270 g/mol. The molecule has 110 valence electrons. The van der Waals surface area contributed by atoms with Gasteiger partial charge >= 0.3 is 0 Å². The lowest BCUT2D eigenvalue weighted by atomic mass is 10.1. The SMILES string of the molecule is CN=C(NCCCOC)NCC(=O)N1CCCCC1. The number of nitrogens with zero attached hydrogens (tertiary/aromatic N) is 2. The summed E-state index contributed by atoms with van der Waals surface area (Å²) in [4.78, 5) is 18.0. The smallest absolute Gasteiger partial charge is 0.241 e. The van der Waals surface area contributed by atoms with Gasteiger partial charge in [0.05, 0.1) is 6.54 Å². The number of ether oxygens (including phenoxy) is 1. The van der Waals surface area contributed by atoms with E-state index in [2.05, 4.69) is 15.6 Å². The molecule has 1 saturated heterocycles. The zero-order valence-corrected chi connectivity index (χ0v) is 12.1. The molecular weight excluding hydrogens is 244 g/mol. The van der Waals surface area contributed by atoms with Crippen LogP contribution in [-0.2, 0) is 9.53 Å². The summed E-state index contributed by atoms with van der Waals surface area (Å²) in [5.74, 6) is 0.820. The Labute approximate surface area is 115 Å². The third-order valence-electron chi connectivity index (χ3n) is 3.16. The fraction of sp³-hybridized carbons (Fsp3) is 0.846. The van der Waals surface area contributed by atoms with Gasteiger partial charge in [0.25, 0.3) is 0 Å². The van der Waals surface area contributed by atoms with E-state index in [-0.39, 0.29) is 5.91 Å². The summed E-state index contributed by atoms with van der Waals surface area (Å²) < 4.78 is 4.97. The summed E-state index contributed by atoms with van der Waals surface area (Å²) >= 11 is 0. The molecule has 0 radical (unpaired) electrons. The summed E-state index contributed by atoms with van der Waals surface area (Å²) in [5, 5.41) is 6.20. The Morgan fingerprint density at radius 1 is 1.26 bits per heavy atom. The molecule has 0 atom stereocenters. The lowest BCUT2D eigenvalue weighted by Crippen LogP contribution is -2.46. The first-order valence-electron chi connectivity index (χ1n) is 6.99. The summed E-state index contributed by atoms with van der Waals surface area (Å²) in [5.41, 5.74) is 0. The van der Waals surface area contributed by atoms with Crippen LogP contribution in [0.3, 0.4) is 0 Å². The largest absolute Gasteiger partial charge is 0.385 e. The van der Waals surface area contributed by atoms with Crippen molar-refractivity contribution in [3.8, 4) is 0 Å². The molecule has 1 aliphatic heterocycles. The highest BCUT2D eigenvalue weighted by Gasteiger charge is 2.16. The molecule has 1 rings (SSSR count). The maximum Gasteiger partial charge on any atom is 0.241 e. The predicted octanol–water partition coefficient (Wildman–Crippen LogP) is 0.200. The molecule has 0 bridgehead atoms. The molecule has 0 aromatic heterocycles. The van der Waals surface area contributed by atoms with E-state index >= 15 is 0 Å². The summed E-state index contributed by atoms with van der Waals surface area (Å²) in [6, 6.07) is 0. The van der Waals surface area contributed by atoms with E-state index in [1.165, 1.54) is 6.42 Å². The van der Waals surface area contributed by atoms with Crippen molar-refractivity contribution in [1.29, 1.82) is 0 Å². The Morgan fingerprint density at radius 3 is 2.63 bits per heavy atom. The first-order valence-corrected chi connectivity index (χ1v) is 6.99. The van der Waals surface area contributed by atoms with Gasteiger partial charge < -0.3 is 20.3 Å². The maximum atomic E-state index is 12.0. The molecule has 1 aliphatic rings. The zero-order chi connectivity index (χ0) is 13.9. The average Bonchev–Trinajstić information content (AvgIpc) is 2.47. The van der Waals surface area contributed by atoms with E-state index in [9.17, 15) is 4.79 Å². The van der Waals surface area contributed by atoms with Crippen LogP contribution in [0, 0.1) is 0 Å². The second-order valence-corrected chi connectivity index (χ2v) is 4.64. The van der Waals surface area contributed by atoms with Gasteiger partial charge in [0.1, 0.15) is 0 Å². The van der Waals surface area contributed by atoms with Crippen LogP contribution in [0.4, 0.5) is 0 Å². The van der Waals surface area contributed by atoms with Gasteiger partial charge in [-0.2, -0.15) is 0 Å². The molecule has 19 heavy (non-hydrogen) atoms. The number of guanidine groups is 1. The first kappa shape index (κ1) is 15.8. The number of carbonyl (C=O) groups is 1. The molecule has 0 aromatic rings. The first-order chi connectivity index (χ1) is 9.27. The molecular formula is C13H26N4O2. The Balaban J connectivity index is 2.19. The Kier molecular flexibility index (Phi) is 7.97. The molecule has 2 N–H and O–H groups in total. The van der Waals surface area contributed by atoms with Crippen molar-refractivity contribution in [3.63, 3.8) is 0 Å². The fourth-order valence-electron chi connectivity index (χ4n) is 2.06. The Bertz CT molecular complexity index is 288. The van der Waals surface area contributed by atoms with Gasteiger partial charge in [0.15, 0.2) is 5.96 Å². The van der Waals surface area contributed by atoms with Crippen molar-refractivity contribution < 1.29 is 9.53 Å². The number of carbonyl (C=O) groups excluding carboxylic acids is 1. The van der Waals surface area contributed by atoms with Gasteiger partial charge in [0, 0.05) is 40.4 Å². The Morgan fingerprint density at radius 2 is 2.00 bits per heavy atom. The number of aliphatic imine (C=N–C) groups is 1. The number of hydrogen-bond donors (Lipinski definition) is 2. The van der Waals surface area contributed by atoms with Crippen LogP contribution >= 0.6 is 0 Å². The number of amides is 1. The number of likely N-dealkylation sites (tertiary alicyclic amines) is 1. The second-order valence-electron chi connectivity index (χ2n) is 4.64. The minimum Gasteiger partial charge on any atom is -0.385 e. The number of piperidine rings is 1. The standard InChI is InChI=1S/C13H26N4O2/c1-14-13(15-7-6-10-19-2)16-11-12(18)17-8-4-3-5-9-17/h3-11H2,1-2H3,(H2,14,15,16). The molecule has 0 unspecified atom stereocenters. The van der Waals surface area contributed by atoms with Crippen LogP contribution in [0.2, 0.25) is 0 Å². The Hall–Kier alpha value is -1.30. The molecule has 6 heteroatoms. The van der Waals surface area contributed by atoms with Crippen molar-refractivity contribution in [1.82, 2.24) is 15.5 Å². The highest BCUT2D eigenvalue weighted by Crippen LogP contribution is 2.07. The zero-order valence-electron chi connectivity index (χ0n) is 12.1. The second kappa shape index (κ2) is 9.61. The lowest BCUT2D eigenvalue weighted by molar-refractivity contribution is -0.130. The predicted molar refractivity (Wildman–Crippen MR) is 76.3 cm³/mol. The third kappa shape index (κ3) is 6.42. The maximum absolute atomic E-state index is 12.0. The molecule has 1 heterocycles. The van der Waals surface area contributed by atoms with E-state index in [0.717, 1.165) is 45.5 Å². The number of methoxy groups -OCH3 is 1. The van der Waals surface area contributed by atoms with Crippen LogP contribution in [0.5, 0.6) is 0 Å². The molecule has 1 fully saturated rings. The molecule has 0 aromatic carbocycles. The molecule has 0 saturated carbocycles.